The Hall–Kier alpha value is -1.59. The molecule has 0 spiro atoms. The molecule has 0 aliphatic carbocycles. The van der Waals surface area contributed by atoms with E-state index in [2.05, 4.69) is 40.4 Å². The lowest BCUT2D eigenvalue weighted by Gasteiger charge is -2.44. The van der Waals surface area contributed by atoms with E-state index in [9.17, 15) is 9.90 Å². The maximum absolute atomic E-state index is 13.2. The number of ether oxygens (including phenoxy) is 1. The molecule has 0 bridgehead atoms. The van der Waals surface area contributed by atoms with Gasteiger partial charge in [0.05, 0.1) is 7.11 Å². The summed E-state index contributed by atoms with van der Waals surface area (Å²) in [5.41, 5.74) is -0.139. The van der Waals surface area contributed by atoms with Crippen molar-refractivity contribution < 1.29 is 14.6 Å². The summed E-state index contributed by atoms with van der Waals surface area (Å²) >= 11 is 0. The first-order valence-electron chi connectivity index (χ1n) is 7.87. The zero-order valence-corrected chi connectivity index (χ0v) is 15.9. The molecule has 0 saturated heterocycles. The summed E-state index contributed by atoms with van der Waals surface area (Å²) in [6.45, 7) is 14.5. The minimum Gasteiger partial charge on any atom is -0.497 e. The third-order valence-electron chi connectivity index (χ3n) is 5.28. The Morgan fingerprint density at radius 1 is 1.39 bits per heavy atom. The van der Waals surface area contributed by atoms with Gasteiger partial charge in [0.15, 0.2) is 13.8 Å². The lowest BCUT2D eigenvalue weighted by Crippen LogP contribution is -2.59. The minimum atomic E-state index is -2.18. The molecule has 1 unspecified atom stereocenters. The first-order valence-corrected chi connectivity index (χ1v) is 10.8. The zero-order chi connectivity index (χ0) is 17.6. The largest absolute Gasteiger partial charge is 0.497 e. The highest BCUT2D eigenvalue weighted by Gasteiger charge is 2.56. The third kappa shape index (κ3) is 2.52. The van der Waals surface area contributed by atoms with Gasteiger partial charge in [-0.2, -0.15) is 0 Å². The molecule has 1 amide bonds. The smallest absolute Gasteiger partial charge is 0.256 e. The molecule has 23 heavy (non-hydrogen) atoms. The molecule has 126 valence electrons. The number of anilines is 1. The molecule has 0 fully saturated rings. The number of rotatable bonds is 4. The number of carbonyl (C=O) groups excluding carboxylic acids is 1. The van der Waals surface area contributed by atoms with Crippen LogP contribution in [0.4, 0.5) is 5.69 Å². The fourth-order valence-electron chi connectivity index (χ4n) is 2.87. The standard InChI is InChI=1S/C18H27NO3Si/c1-8-11-18(21)14-12-13(22-5)9-10-15(14)19(16(18)20)23(6,7)17(2,3)4/h8-10,12,21H,1,11H2,2-7H3. The van der Waals surface area contributed by atoms with Crippen LogP contribution in [0.15, 0.2) is 30.9 Å². The molecule has 1 aliphatic rings. The van der Waals surface area contributed by atoms with E-state index in [1.165, 1.54) is 0 Å². The van der Waals surface area contributed by atoms with Crippen molar-refractivity contribution in [2.45, 2.75) is 50.9 Å². The second-order valence-electron chi connectivity index (χ2n) is 7.69. The third-order valence-corrected chi connectivity index (χ3v) is 10.5. The van der Waals surface area contributed by atoms with Gasteiger partial charge in [-0.1, -0.05) is 39.9 Å². The van der Waals surface area contributed by atoms with E-state index in [0.29, 0.717) is 11.3 Å². The van der Waals surface area contributed by atoms with Gasteiger partial charge in [-0.15, -0.1) is 6.58 Å². The normalized spacial score (nSPS) is 21.3. The van der Waals surface area contributed by atoms with Crippen LogP contribution in [-0.4, -0.2) is 26.4 Å². The molecular weight excluding hydrogens is 306 g/mol. The van der Waals surface area contributed by atoms with E-state index in [-0.39, 0.29) is 17.4 Å². The van der Waals surface area contributed by atoms with Gasteiger partial charge in [0, 0.05) is 17.7 Å². The van der Waals surface area contributed by atoms with Crippen molar-refractivity contribution in [3.8, 4) is 5.75 Å². The molecule has 1 N–H and O–H groups in total. The van der Waals surface area contributed by atoms with Gasteiger partial charge in [-0.3, -0.25) is 4.79 Å². The fourth-order valence-corrected chi connectivity index (χ4v) is 5.04. The summed E-state index contributed by atoms with van der Waals surface area (Å²) in [5, 5.41) is 11.1. The molecular formula is C18H27NO3Si. The minimum absolute atomic E-state index is 0.0285. The van der Waals surface area contributed by atoms with Gasteiger partial charge in [0.2, 0.25) is 0 Å². The predicted molar refractivity (Wildman–Crippen MR) is 96.4 cm³/mol. The van der Waals surface area contributed by atoms with Crippen LogP contribution < -0.4 is 9.30 Å². The molecule has 2 rings (SSSR count). The van der Waals surface area contributed by atoms with Crippen LogP contribution in [-0.2, 0) is 10.4 Å². The summed E-state index contributed by atoms with van der Waals surface area (Å²) in [6, 6.07) is 5.49. The van der Waals surface area contributed by atoms with Crippen LogP contribution in [0.25, 0.3) is 0 Å². The SMILES string of the molecule is C=CCC1(O)C(=O)N([Si](C)(C)C(C)(C)C)c2ccc(OC)cc21. The molecule has 0 radical (unpaired) electrons. The highest BCUT2D eigenvalue weighted by atomic mass is 28.3. The zero-order valence-electron chi connectivity index (χ0n) is 14.9. The Balaban J connectivity index is 2.71. The van der Waals surface area contributed by atoms with Crippen molar-refractivity contribution in [1.82, 2.24) is 0 Å². The number of fused-ring (bicyclic) bond motifs is 1. The van der Waals surface area contributed by atoms with Crippen LogP contribution in [0.2, 0.25) is 18.1 Å². The number of carbonyl (C=O) groups is 1. The van der Waals surface area contributed by atoms with Crippen LogP contribution >= 0.6 is 0 Å². The van der Waals surface area contributed by atoms with E-state index in [0.717, 1.165) is 5.69 Å². The van der Waals surface area contributed by atoms with Crippen molar-refractivity contribution in [2.75, 3.05) is 11.7 Å². The number of aliphatic hydroxyl groups is 1. The van der Waals surface area contributed by atoms with Crippen LogP contribution in [0.1, 0.15) is 32.8 Å². The summed E-state index contributed by atoms with van der Waals surface area (Å²) in [5.74, 6) is 0.392. The molecule has 1 aromatic carbocycles. The Bertz CT molecular complexity index is 648. The maximum atomic E-state index is 13.2. The Kier molecular flexibility index (Phi) is 4.24. The monoisotopic (exact) mass is 333 g/mol. The van der Waals surface area contributed by atoms with Gasteiger partial charge in [-0.05, 0) is 23.2 Å². The average Bonchev–Trinajstić information content (AvgIpc) is 2.67. The first kappa shape index (κ1) is 17.8. The summed E-state index contributed by atoms with van der Waals surface area (Å²) in [7, 11) is -0.603. The van der Waals surface area contributed by atoms with Crippen LogP contribution in [0.3, 0.4) is 0 Å². The summed E-state index contributed by atoms with van der Waals surface area (Å²) < 4.78 is 7.15. The summed E-state index contributed by atoms with van der Waals surface area (Å²) in [6.07, 6.45) is 1.79. The molecule has 4 nitrogen and oxygen atoms in total. The van der Waals surface area contributed by atoms with Crippen molar-refractivity contribution in [3.63, 3.8) is 0 Å². The van der Waals surface area contributed by atoms with Crippen molar-refractivity contribution in [1.29, 1.82) is 0 Å². The summed E-state index contributed by atoms with van der Waals surface area (Å²) in [4.78, 5) is 13.2. The quantitative estimate of drug-likeness (QED) is 0.673. The maximum Gasteiger partial charge on any atom is 0.256 e. The van der Waals surface area contributed by atoms with E-state index < -0.39 is 13.8 Å². The Labute approximate surface area is 139 Å². The van der Waals surface area contributed by atoms with Crippen LogP contribution in [0, 0.1) is 0 Å². The molecule has 5 heteroatoms. The highest BCUT2D eigenvalue weighted by Crippen LogP contribution is 2.50. The molecule has 1 heterocycles. The van der Waals surface area contributed by atoms with Gasteiger partial charge >= 0.3 is 0 Å². The second-order valence-corrected chi connectivity index (χ2v) is 12.8. The molecule has 0 saturated carbocycles. The lowest BCUT2D eigenvalue weighted by molar-refractivity contribution is -0.134. The predicted octanol–water partition coefficient (Wildman–Crippen LogP) is 3.81. The number of methoxy groups -OCH3 is 1. The number of hydrogen-bond donors (Lipinski definition) is 1. The lowest BCUT2D eigenvalue weighted by atomic mass is 9.92. The number of amides is 1. The van der Waals surface area contributed by atoms with Gasteiger partial charge in [0.25, 0.3) is 5.91 Å². The molecule has 1 aliphatic heterocycles. The average molecular weight is 334 g/mol. The van der Waals surface area contributed by atoms with E-state index in [1.54, 1.807) is 19.3 Å². The van der Waals surface area contributed by atoms with Crippen molar-refractivity contribution >= 4 is 19.8 Å². The van der Waals surface area contributed by atoms with Gasteiger partial charge in [0.1, 0.15) is 5.75 Å². The van der Waals surface area contributed by atoms with E-state index >= 15 is 0 Å². The molecule has 1 aromatic rings. The number of benzene rings is 1. The number of hydrogen-bond acceptors (Lipinski definition) is 3. The van der Waals surface area contributed by atoms with Gasteiger partial charge in [-0.25, -0.2) is 0 Å². The van der Waals surface area contributed by atoms with E-state index in [1.807, 2.05) is 16.7 Å². The highest BCUT2D eigenvalue weighted by molar-refractivity contribution is 6.87. The fraction of sp³-hybridized carbons (Fsp3) is 0.500. The Morgan fingerprint density at radius 3 is 2.48 bits per heavy atom. The molecule has 0 aromatic heterocycles. The van der Waals surface area contributed by atoms with Crippen LogP contribution in [0.5, 0.6) is 5.75 Å². The second kappa shape index (κ2) is 5.49. The molecule has 1 atom stereocenters. The first-order chi connectivity index (χ1) is 10.5. The van der Waals surface area contributed by atoms with Crippen molar-refractivity contribution in [2.24, 2.45) is 0 Å². The van der Waals surface area contributed by atoms with E-state index in [4.69, 9.17) is 4.74 Å². The Morgan fingerprint density at radius 2 is 2.00 bits per heavy atom. The van der Waals surface area contributed by atoms with Gasteiger partial charge < -0.3 is 14.4 Å². The van der Waals surface area contributed by atoms with Crippen molar-refractivity contribution in [3.05, 3.63) is 36.4 Å². The number of nitrogens with zero attached hydrogens (tertiary/aromatic N) is 1. The topological polar surface area (TPSA) is 49.8 Å².